The van der Waals surface area contributed by atoms with Crippen molar-refractivity contribution in [2.75, 3.05) is 6.54 Å². The van der Waals surface area contributed by atoms with Crippen molar-refractivity contribution in [2.24, 2.45) is 11.7 Å². The number of hydrogen-bond acceptors (Lipinski definition) is 3. The highest BCUT2D eigenvalue weighted by Crippen LogP contribution is 2.26. The van der Waals surface area contributed by atoms with Gasteiger partial charge in [-0.1, -0.05) is 25.3 Å². The number of hydrogen-bond donors (Lipinski definition) is 2. The van der Waals surface area contributed by atoms with E-state index in [1.807, 2.05) is 19.1 Å². The van der Waals surface area contributed by atoms with Crippen LogP contribution in [0.3, 0.4) is 0 Å². The molecule has 0 aliphatic heterocycles. The fraction of sp³-hybridized carbons (Fsp3) is 0.625. The zero-order chi connectivity index (χ0) is 14.4. The van der Waals surface area contributed by atoms with Crippen LogP contribution in [0.4, 0.5) is 0 Å². The quantitative estimate of drug-likeness (QED) is 0.863. The minimum Gasteiger partial charge on any atom is -0.351 e. The fourth-order valence-corrected chi connectivity index (χ4v) is 3.02. The van der Waals surface area contributed by atoms with Gasteiger partial charge in [-0.3, -0.25) is 9.78 Å². The van der Waals surface area contributed by atoms with Gasteiger partial charge in [0.25, 0.3) is 0 Å². The molecule has 2 rings (SSSR count). The predicted octanol–water partition coefficient (Wildman–Crippen LogP) is 1.96. The summed E-state index contributed by atoms with van der Waals surface area (Å²) in [5, 5.41) is 3.11. The maximum atomic E-state index is 12.2. The van der Waals surface area contributed by atoms with Gasteiger partial charge in [0, 0.05) is 18.8 Å². The van der Waals surface area contributed by atoms with Gasteiger partial charge in [-0.25, -0.2) is 0 Å². The SMILES string of the molecule is Cc1cccnc1CC(=O)NC(CN)C1CCCCC1. The number of rotatable bonds is 5. The first-order chi connectivity index (χ1) is 9.70. The third-order valence-electron chi connectivity index (χ3n) is 4.27. The van der Waals surface area contributed by atoms with Crippen molar-refractivity contribution >= 4 is 5.91 Å². The first-order valence-electron chi connectivity index (χ1n) is 7.60. The van der Waals surface area contributed by atoms with Crippen molar-refractivity contribution in [3.63, 3.8) is 0 Å². The van der Waals surface area contributed by atoms with Crippen LogP contribution in [0, 0.1) is 12.8 Å². The van der Waals surface area contributed by atoms with Crippen LogP contribution in [0.5, 0.6) is 0 Å². The fourth-order valence-electron chi connectivity index (χ4n) is 3.02. The van der Waals surface area contributed by atoms with E-state index < -0.39 is 0 Å². The summed E-state index contributed by atoms with van der Waals surface area (Å²) in [6.45, 7) is 2.51. The van der Waals surface area contributed by atoms with Gasteiger partial charge in [0.1, 0.15) is 0 Å². The predicted molar refractivity (Wildman–Crippen MR) is 80.2 cm³/mol. The number of nitrogens with one attached hydrogen (secondary N) is 1. The van der Waals surface area contributed by atoms with Crippen molar-refractivity contribution in [1.82, 2.24) is 10.3 Å². The van der Waals surface area contributed by atoms with Crippen molar-refractivity contribution in [2.45, 2.75) is 51.5 Å². The first-order valence-corrected chi connectivity index (χ1v) is 7.60. The number of nitrogens with two attached hydrogens (primary N) is 1. The van der Waals surface area contributed by atoms with Crippen LogP contribution >= 0.6 is 0 Å². The molecule has 0 bridgehead atoms. The summed E-state index contributed by atoms with van der Waals surface area (Å²) in [5.41, 5.74) is 7.76. The Hall–Kier alpha value is -1.42. The van der Waals surface area contributed by atoms with E-state index in [-0.39, 0.29) is 11.9 Å². The van der Waals surface area contributed by atoms with Crippen LogP contribution in [0.1, 0.15) is 43.4 Å². The molecule has 1 atom stereocenters. The van der Waals surface area contributed by atoms with Gasteiger partial charge in [-0.15, -0.1) is 0 Å². The van der Waals surface area contributed by atoms with E-state index in [1.54, 1.807) is 6.20 Å². The molecule has 1 aliphatic carbocycles. The van der Waals surface area contributed by atoms with E-state index in [2.05, 4.69) is 10.3 Å². The summed E-state index contributed by atoms with van der Waals surface area (Å²) in [4.78, 5) is 16.4. The lowest BCUT2D eigenvalue weighted by Crippen LogP contribution is -2.46. The highest BCUT2D eigenvalue weighted by atomic mass is 16.1. The monoisotopic (exact) mass is 275 g/mol. The third-order valence-corrected chi connectivity index (χ3v) is 4.27. The first kappa shape index (κ1) is 15.0. The molecule has 3 N–H and O–H groups in total. The van der Waals surface area contributed by atoms with Crippen LogP contribution in [-0.2, 0) is 11.2 Å². The van der Waals surface area contributed by atoms with Gasteiger partial charge < -0.3 is 11.1 Å². The van der Waals surface area contributed by atoms with Gasteiger partial charge in [0.2, 0.25) is 5.91 Å². The zero-order valence-corrected chi connectivity index (χ0v) is 12.3. The average Bonchev–Trinajstić information content (AvgIpc) is 2.48. The summed E-state index contributed by atoms with van der Waals surface area (Å²) in [5.74, 6) is 0.579. The molecule has 0 radical (unpaired) electrons. The Kier molecular flexibility index (Phi) is 5.53. The molecule has 1 heterocycles. The van der Waals surface area contributed by atoms with Crippen LogP contribution in [-0.4, -0.2) is 23.5 Å². The Balaban J connectivity index is 1.90. The topological polar surface area (TPSA) is 68.0 Å². The molecule has 4 heteroatoms. The number of carbonyl (C=O) groups excluding carboxylic acids is 1. The maximum Gasteiger partial charge on any atom is 0.226 e. The number of nitrogens with zero attached hydrogens (tertiary/aromatic N) is 1. The van der Waals surface area contributed by atoms with Crippen molar-refractivity contribution in [3.05, 3.63) is 29.6 Å². The molecule has 110 valence electrons. The van der Waals surface area contributed by atoms with Gasteiger partial charge >= 0.3 is 0 Å². The molecular formula is C16H25N3O. The van der Waals surface area contributed by atoms with Crippen LogP contribution in [0.25, 0.3) is 0 Å². The number of aryl methyl sites for hydroxylation is 1. The zero-order valence-electron chi connectivity index (χ0n) is 12.3. The normalized spacial score (nSPS) is 17.7. The van der Waals surface area contributed by atoms with Crippen LogP contribution in [0.2, 0.25) is 0 Å². The molecule has 0 saturated heterocycles. The molecule has 1 amide bonds. The highest BCUT2D eigenvalue weighted by molar-refractivity contribution is 5.78. The van der Waals surface area contributed by atoms with Crippen LogP contribution in [0.15, 0.2) is 18.3 Å². The molecule has 1 aromatic heterocycles. The molecule has 1 aromatic rings. The second-order valence-electron chi connectivity index (χ2n) is 5.75. The Bertz CT molecular complexity index is 441. The smallest absolute Gasteiger partial charge is 0.226 e. The lowest BCUT2D eigenvalue weighted by molar-refractivity contribution is -0.121. The number of aromatic nitrogens is 1. The van der Waals surface area contributed by atoms with Gasteiger partial charge in [0.15, 0.2) is 0 Å². The highest BCUT2D eigenvalue weighted by Gasteiger charge is 2.24. The molecule has 0 spiro atoms. The van der Waals surface area contributed by atoms with E-state index in [4.69, 9.17) is 5.73 Å². The Morgan fingerprint density at radius 3 is 2.85 bits per heavy atom. The van der Waals surface area contributed by atoms with E-state index in [0.717, 1.165) is 11.3 Å². The van der Waals surface area contributed by atoms with Gasteiger partial charge in [-0.2, -0.15) is 0 Å². The second-order valence-corrected chi connectivity index (χ2v) is 5.75. The van der Waals surface area contributed by atoms with Crippen molar-refractivity contribution in [1.29, 1.82) is 0 Å². The molecule has 4 nitrogen and oxygen atoms in total. The van der Waals surface area contributed by atoms with Crippen molar-refractivity contribution < 1.29 is 4.79 Å². The molecule has 1 unspecified atom stereocenters. The Morgan fingerprint density at radius 1 is 1.45 bits per heavy atom. The van der Waals surface area contributed by atoms with Gasteiger partial charge in [-0.05, 0) is 37.3 Å². The van der Waals surface area contributed by atoms with E-state index >= 15 is 0 Å². The molecule has 1 aliphatic rings. The summed E-state index contributed by atoms with van der Waals surface area (Å²) >= 11 is 0. The molecular weight excluding hydrogens is 250 g/mol. The largest absolute Gasteiger partial charge is 0.351 e. The lowest BCUT2D eigenvalue weighted by atomic mass is 9.84. The van der Waals surface area contributed by atoms with E-state index in [9.17, 15) is 4.79 Å². The number of carbonyl (C=O) groups is 1. The molecule has 20 heavy (non-hydrogen) atoms. The second kappa shape index (κ2) is 7.39. The standard InChI is InChI=1S/C16H25N3O/c1-12-6-5-9-18-14(12)10-16(20)19-15(11-17)13-7-3-2-4-8-13/h5-6,9,13,15H,2-4,7-8,10-11,17H2,1H3,(H,19,20). The summed E-state index contributed by atoms with van der Waals surface area (Å²) < 4.78 is 0. The van der Waals surface area contributed by atoms with Gasteiger partial charge in [0.05, 0.1) is 12.1 Å². The van der Waals surface area contributed by atoms with Crippen molar-refractivity contribution in [3.8, 4) is 0 Å². The number of amides is 1. The Labute approximate surface area is 121 Å². The Morgan fingerprint density at radius 2 is 2.20 bits per heavy atom. The average molecular weight is 275 g/mol. The summed E-state index contributed by atoms with van der Waals surface area (Å²) in [6, 6.07) is 3.99. The minimum atomic E-state index is 0.0350. The molecule has 1 saturated carbocycles. The third kappa shape index (κ3) is 4.04. The number of pyridine rings is 1. The van der Waals surface area contributed by atoms with Crippen LogP contribution < -0.4 is 11.1 Å². The van der Waals surface area contributed by atoms with E-state index in [0.29, 0.717) is 18.9 Å². The van der Waals surface area contributed by atoms with E-state index in [1.165, 1.54) is 32.1 Å². The lowest BCUT2D eigenvalue weighted by Gasteiger charge is -2.30. The molecule has 1 fully saturated rings. The molecule has 0 aromatic carbocycles. The summed E-state index contributed by atoms with van der Waals surface area (Å²) in [6.07, 6.45) is 8.28. The summed E-state index contributed by atoms with van der Waals surface area (Å²) in [7, 11) is 0. The minimum absolute atomic E-state index is 0.0350. The maximum absolute atomic E-state index is 12.2.